The maximum absolute atomic E-state index is 14.3. The number of carbonyl (C=O) groups excluding carboxylic acids is 3. The molecule has 0 radical (unpaired) electrons. The minimum atomic E-state index is -0.813. The SMILES string of the molecule is C[C@H](CCC(=O)NCC(=O)O[C@@H]1C[C@@H]2C[C@H](OC(=O)CC[C@@H](C)[C@H]3CCC4C5C(O)CC6C[C@H](O)CC[C@]6(C)C5CC[C@@]43C)CC[C@]2(C)[C@H]2C[C@H](O)[C@]3(C)[C@@H]([C@H](C)CCC(=O)O)CC[C@H]3[C@H]12)[C@H]1CCC2C3C(O)CC4C[C@H](O)CC[C@]4(C)C3C[C@H](O)[C@@]21C. The van der Waals surface area contributed by atoms with Crippen molar-refractivity contribution in [2.75, 3.05) is 6.54 Å². The number of aliphatic hydroxyl groups excluding tert-OH is 6. The summed E-state index contributed by atoms with van der Waals surface area (Å²) in [5.41, 5.74) is -0.745. The highest BCUT2D eigenvalue weighted by Crippen LogP contribution is 2.72. The van der Waals surface area contributed by atoms with E-state index in [0.29, 0.717) is 86.9 Å². The van der Waals surface area contributed by atoms with Crippen molar-refractivity contribution in [3.63, 3.8) is 0 Å². The van der Waals surface area contributed by atoms with E-state index in [2.05, 4.69) is 67.6 Å². The van der Waals surface area contributed by atoms with Crippen LogP contribution >= 0.6 is 0 Å². The quantitative estimate of drug-likeness (QED) is 0.0672. The Bertz CT molecular complexity index is 2560. The van der Waals surface area contributed by atoms with E-state index in [0.717, 1.165) is 116 Å². The fourth-order valence-corrected chi connectivity index (χ4v) is 27.0. The van der Waals surface area contributed by atoms with Crippen LogP contribution in [-0.4, -0.2) is 115 Å². The first kappa shape index (κ1) is 65.7. The Morgan fingerprint density at radius 2 is 0.898 bits per heavy atom. The van der Waals surface area contributed by atoms with Gasteiger partial charge in [0.2, 0.25) is 5.91 Å². The number of hydrogen-bond donors (Lipinski definition) is 8. The number of ether oxygens (including phenoxy) is 2. The molecule has 0 aromatic carbocycles. The fourth-order valence-electron chi connectivity index (χ4n) is 27.0. The molecule has 8 N–H and O–H groups in total. The molecule has 0 saturated heterocycles. The molecule has 32 atom stereocenters. The van der Waals surface area contributed by atoms with E-state index in [1.165, 1.54) is 0 Å². The lowest BCUT2D eigenvalue weighted by atomic mass is 9.43. The first-order valence-corrected chi connectivity index (χ1v) is 36.5. The molecule has 0 aromatic rings. The zero-order valence-corrected chi connectivity index (χ0v) is 55.6. The topological polar surface area (TPSA) is 240 Å². The van der Waals surface area contributed by atoms with Crippen LogP contribution in [0.1, 0.15) is 242 Å². The lowest BCUT2D eigenvalue weighted by Crippen LogP contribution is -2.63. The number of hydrogen-bond acceptors (Lipinski definition) is 12. The standard InChI is InChI=1S/C74H119NO13/c1-39(48-13-16-51-66-52(25-29-72(48,51)7)69(4)26-22-45(76)30-42(69)33-57(66)78)12-21-64(85)87-47-24-28-71(6)44(32-47)35-59(68-54-18-15-50(41(3)11-20-63(83)84)74(54,9)61(81)37-56(68)71)88-65(86)38-75-62(82)19-10-40(2)49-14-17-53-67-55(36-60(80)73(49,53)8)70(5)27-23-46(77)31-43(70)34-58(67)79/h39-61,66-68,76-81H,10-38H2,1-9H3,(H,75,82)(H,83,84)/t39-,40-,41-,42?,43?,44+,45-,46-,47-,48-,49-,50-,51?,52?,53?,54+,55?,56+,57?,58?,59-,60+,61+,66?,67?,68+,69+,70+,71+,72-,73-,74-/m1/s1. The van der Waals surface area contributed by atoms with Gasteiger partial charge in [-0.25, -0.2) is 0 Å². The van der Waals surface area contributed by atoms with Crippen LogP contribution in [0.25, 0.3) is 0 Å². The molecule has 14 nitrogen and oxygen atoms in total. The van der Waals surface area contributed by atoms with E-state index in [1.807, 2.05) is 0 Å². The number of carboxylic acid groups (broad SMARTS) is 1. The van der Waals surface area contributed by atoms with Crippen LogP contribution in [0, 0.1) is 139 Å². The molecule has 12 rings (SSSR count). The van der Waals surface area contributed by atoms with Gasteiger partial charge in [0.05, 0.1) is 36.6 Å². The smallest absolute Gasteiger partial charge is 0.325 e. The van der Waals surface area contributed by atoms with Gasteiger partial charge < -0.3 is 50.5 Å². The second kappa shape index (κ2) is 24.4. The predicted octanol–water partition coefficient (Wildman–Crippen LogP) is 11.5. The van der Waals surface area contributed by atoms with Crippen molar-refractivity contribution in [2.45, 2.75) is 291 Å². The minimum absolute atomic E-state index is 0.00110. The van der Waals surface area contributed by atoms with E-state index < -0.39 is 41.8 Å². The number of nitrogens with one attached hydrogen (secondary N) is 1. The molecular weight excluding hydrogens is 1110 g/mol. The van der Waals surface area contributed by atoms with Gasteiger partial charge in [-0.2, -0.15) is 0 Å². The monoisotopic (exact) mass is 1230 g/mol. The van der Waals surface area contributed by atoms with Gasteiger partial charge in [-0.15, -0.1) is 0 Å². The van der Waals surface area contributed by atoms with Crippen molar-refractivity contribution >= 4 is 23.8 Å². The summed E-state index contributed by atoms with van der Waals surface area (Å²) in [6.07, 6.45) is 18.4. The number of aliphatic carboxylic acids is 1. The molecule has 0 aromatic heterocycles. The van der Waals surface area contributed by atoms with E-state index in [-0.39, 0.29) is 154 Å². The van der Waals surface area contributed by atoms with Gasteiger partial charge in [0, 0.05) is 25.2 Å². The Hall–Kier alpha value is -2.36. The summed E-state index contributed by atoms with van der Waals surface area (Å²) in [5.74, 6) is 2.31. The van der Waals surface area contributed by atoms with Crippen molar-refractivity contribution in [3.05, 3.63) is 0 Å². The number of fused-ring (bicyclic) bond motifs is 15. The van der Waals surface area contributed by atoms with Gasteiger partial charge in [0.1, 0.15) is 18.8 Å². The number of carboxylic acids is 1. The minimum Gasteiger partial charge on any atom is -0.481 e. The Morgan fingerprint density at radius 1 is 0.443 bits per heavy atom. The van der Waals surface area contributed by atoms with Crippen molar-refractivity contribution in [1.29, 1.82) is 0 Å². The zero-order valence-electron chi connectivity index (χ0n) is 55.6. The maximum Gasteiger partial charge on any atom is 0.325 e. The first-order valence-electron chi connectivity index (χ1n) is 36.5. The van der Waals surface area contributed by atoms with Gasteiger partial charge in [-0.1, -0.05) is 62.3 Å². The molecule has 0 spiro atoms. The van der Waals surface area contributed by atoms with Crippen molar-refractivity contribution < 1.29 is 64.4 Å². The summed E-state index contributed by atoms with van der Waals surface area (Å²) < 4.78 is 13.2. The van der Waals surface area contributed by atoms with Gasteiger partial charge >= 0.3 is 17.9 Å². The van der Waals surface area contributed by atoms with Crippen LogP contribution in [0.5, 0.6) is 0 Å². The third-order valence-corrected chi connectivity index (χ3v) is 31.9. The van der Waals surface area contributed by atoms with Crippen molar-refractivity contribution in [2.24, 2.45) is 139 Å². The van der Waals surface area contributed by atoms with Crippen LogP contribution < -0.4 is 5.32 Å². The van der Waals surface area contributed by atoms with Gasteiger partial charge in [0.25, 0.3) is 0 Å². The number of amides is 1. The van der Waals surface area contributed by atoms with Gasteiger partial charge in [-0.05, 0) is 294 Å². The predicted molar refractivity (Wildman–Crippen MR) is 334 cm³/mol. The Kier molecular flexibility index (Phi) is 18.2. The van der Waals surface area contributed by atoms with Crippen LogP contribution in [0.4, 0.5) is 0 Å². The Morgan fingerprint density at radius 3 is 1.49 bits per heavy atom. The van der Waals surface area contributed by atoms with Crippen molar-refractivity contribution in [1.82, 2.24) is 5.32 Å². The molecule has 10 unspecified atom stereocenters. The second-order valence-electron chi connectivity index (χ2n) is 35.1. The van der Waals surface area contributed by atoms with Crippen LogP contribution in [0.15, 0.2) is 0 Å². The third kappa shape index (κ3) is 10.9. The van der Waals surface area contributed by atoms with E-state index >= 15 is 0 Å². The fraction of sp³-hybridized carbons (Fsp3) is 0.946. The molecule has 88 heavy (non-hydrogen) atoms. The lowest BCUT2D eigenvalue weighted by molar-refractivity contribution is -0.218. The first-order chi connectivity index (χ1) is 41.6. The van der Waals surface area contributed by atoms with Gasteiger partial charge in [-0.3, -0.25) is 19.2 Å². The Labute approximate surface area is 527 Å². The average Bonchev–Trinajstić information content (AvgIpc) is 1.28. The second-order valence-corrected chi connectivity index (χ2v) is 35.1. The largest absolute Gasteiger partial charge is 0.481 e. The molecular formula is C74H119NO13. The summed E-state index contributed by atoms with van der Waals surface area (Å²) in [7, 11) is 0. The maximum atomic E-state index is 14.3. The zero-order chi connectivity index (χ0) is 62.9. The molecule has 0 aliphatic heterocycles. The Balaban J connectivity index is 0.675. The summed E-state index contributed by atoms with van der Waals surface area (Å²) in [6, 6.07) is 0. The van der Waals surface area contributed by atoms with Crippen LogP contribution in [-0.2, 0) is 28.7 Å². The van der Waals surface area contributed by atoms with E-state index in [9.17, 15) is 54.9 Å². The van der Waals surface area contributed by atoms with Crippen LogP contribution in [0.3, 0.4) is 0 Å². The highest BCUT2D eigenvalue weighted by molar-refractivity contribution is 5.82. The number of carbonyl (C=O) groups is 4. The molecule has 14 heteroatoms. The van der Waals surface area contributed by atoms with Crippen molar-refractivity contribution in [3.8, 4) is 0 Å². The van der Waals surface area contributed by atoms with E-state index in [1.54, 1.807) is 0 Å². The molecule has 498 valence electrons. The van der Waals surface area contributed by atoms with Crippen LogP contribution in [0.2, 0.25) is 0 Å². The lowest BCUT2D eigenvalue weighted by Gasteiger charge is -2.64. The molecule has 0 bridgehead atoms. The number of rotatable bonds is 16. The molecule has 12 aliphatic carbocycles. The molecule has 12 saturated carbocycles. The summed E-state index contributed by atoms with van der Waals surface area (Å²) in [6.45, 7) is 20.6. The normalized spacial score (nSPS) is 51.8. The molecule has 12 fully saturated rings. The summed E-state index contributed by atoms with van der Waals surface area (Å²) in [5, 5.41) is 82.1. The number of aliphatic hydroxyl groups is 6. The average molecular weight is 1230 g/mol. The molecule has 0 heterocycles. The van der Waals surface area contributed by atoms with E-state index in [4.69, 9.17) is 9.47 Å². The van der Waals surface area contributed by atoms with Gasteiger partial charge in [0.15, 0.2) is 0 Å². The third-order valence-electron chi connectivity index (χ3n) is 31.9. The molecule has 1 amide bonds. The highest BCUT2D eigenvalue weighted by atomic mass is 16.5. The summed E-state index contributed by atoms with van der Waals surface area (Å²) in [4.78, 5) is 54.0. The highest BCUT2D eigenvalue weighted by Gasteiger charge is 2.69. The summed E-state index contributed by atoms with van der Waals surface area (Å²) >= 11 is 0. The number of esters is 2. The molecule has 12 aliphatic rings.